The van der Waals surface area contributed by atoms with Crippen LogP contribution in [0, 0.1) is 5.92 Å². The Balaban J connectivity index is 1.68. The maximum Gasteiger partial charge on any atom is 0.171 e. The first-order chi connectivity index (χ1) is 12.1. The highest BCUT2D eigenvalue weighted by Crippen LogP contribution is 2.54. The van der Waals surface area contributed by atoms with Crippen LogP contribution in [0.15, 0.2) is 10.7 Å². The molecule has 1 spiro atoms. The molecule has 2 aromatic heterocycles. The molecule has 4 N–H and O–H groups in total. The average molecular weight is 406 g/mol. The lowest BCUT2D eigenvalue weighted by Gasteiger charge is -2.34. The summed E-state index contributed by atoms with van der Waals surface area (Å²) in [6.45, 7) is 0.230. The Bertz CT molecular complexity index is 822. The number of aromatic nitrogens is 3. The molecule has 2 fully saturated rings. The standard InChI is InChI=1S/C18H24BrN5O/c19-14-8-21-24-16(22-12-6-11(20)7-12)13-5-10(9-25)18(3-1-2-4-18)15(13)23-17(14)24/h8,10-12,22,25H,1-7,9,20H2. The fourth-order valence-corrected chi connectivity index (χ4v) is 5.60. The number of hydrogen-bond acceptors (Lipinski definition) is 5. The van der Waals surface area contributed by atoms with Gasteiger partial charge in [-0.05, 0) is 54.0 Å². The Morgan fingerprint density at radius 3 is 2.80 bits per heavy atom. The van der Waals surface area contributed by atoms with E-state index in [1.54, 1.807) is 0 Å². The number of fused-ring (bicyclic) bond motifs is 3. The summed E-state index contributed by atoms with van der Waals surface area (Å²) in [4.78, 5) is 5.05. The van der Waals surface area contributed by atoms with Crippen LogP contribution in [0.2, 0.25) is 0 Å². The SMILES string of the molecule is NC1CC(Nc2c3c(nc4c(Br)cnn24)C2(CCCC2)C(CO)C3)C1. The molecular weight excluding hydrogens is 382 g/mol. The Morgan fingerprint density at radius 2 is 2.12 bits per heavy atom. The number of nitrogens with one attached hydrogen (secondary N) is 1. The number of nitrogens with zero attached hydrogens (tertiary/aromatic N) is 3. The maximum atomic E-state index is 10.1. The van der Waals surface area contributed by atoms with Crippen LogP contribution in [0.5, 0.6) is 0 Å². The van der Waals surface area contributed by atoms with Gasteiger partial charge >= 0.3 is 0 Å². The van der Waals surface area contributed by atoms with Crippen molar-refractivity contribution in [3.63, 3.8) is 0 Å². The van der Waals surface area contributed by atoms with Gasteiger partial charge in [0, 0.05) is 29.7 Å². The molecule has 2 saturated carbocycles. The van der Waals surface area contributed by atoms with E-state index in [2.05, 4.69) is 26.3 Å². The molecule has 7 heteroatoms. The minimum Gasteiger partial charge on any atom is -0.396 e. The molecule has 25 heavy (non-hydrogen) atoms. The number of halogens is 1. The normalized spacial score (nSPS) is 30.0. The predicted octanol–water partition coefficient (Wildman–Crippen LogP) is 2.37. The van der Waals surface area contributed by atoms with Crippen LogP contribution >= 0.6 is 15.9 Å². The molecule has 0 amide bonds. The molecule has 6 nitrogen and oxygen atoms in total. The van der Waals surface area contributed by atoms with Crippen LogP contribution < -0.4 is 11.1 Å². The maximum absolute atomic E-state index is 10.1. The molecule has 1 atom stereocenters. The third-order valence-corrected chi connectivity index (χ3v) is 7.20. The van der Waals surface area contributed by atoms with Gasteiger partial charge in [0.15, 0.2) is 5.65 Å². The van der Waals surface area contributed by atoms with Crippen molar-refractivity contribution in [1.29, 1.82) is 0 Å². The van der Waals surface area contributed by atoms with Gasteiger partial charge in [-0.2, -0.15) is 9.61 Å². The lowest BCUT2D eigenvalue weighted by molar-refractivity contribution is 0.162. The van der Waals surface area contributed by atoms with Crippen molar-refractivity contribution in [1.82, 2.24) is 14.6 Å². The van der Waals surface area contributed by atoms with Gasteiger partial charge in [-0.25, -0.2) is 4.98 Å². The molecule has 2 aromatic rings. The first-order valence-electron chi connectivity index (χ1n) is 9.32. The highest BCUT2D eigenvalue weighted by molar-refractivity contribution is 9.10. The minimum atomic E-state index is 0.0436. The van der Waals surface area contributed by atoms with Crippen LogP contribution in [-0.2, 0) is 11.8 Å². The van der Waals surface area contributed by atoms with Gasteiger partial charge in [-0.1, -0.05) is 12.8 Å². The third-order valence-electron chi connectivity index (χ3n) is 6.64. The molecule has 0 aliphatic heterocycles. The van der Waals surface area contributed by atoms with E-state index in [4.69, 9.17) is 10.7 Å². The first-order valence-corrected chi connectivity index (χ1v) is 10.1. The Labute approximate surface area is 155 Å². The molecule has 5 rings (SSSR count). The number of aliphatic hydroxyl groups is 1. The van der Waals surface area contributed by atoms with Gasteiger partial charge in [0.1, 0.15) is 5.82 Å². The third kappa shape index (κ3) is 2.22. The largest absolute Gasteiger partial charge is 0.396 e. The average Bonchev–Trinajstić information content (AvgIpc) is 3.27. The van der Waals surface area contributed by atoms with Crippen molar-refractivity contribution < 1.29 is 5.11 Å². The number of aliphatic hydroxyl groups excluding tert-OH is 1. The van der Waals surface area contributed by atoms with Crippen molar-refractivity contribution in [2.75, 3.05) is 11.9 Å². The molecule has 0 saturated heterocycles. The monoisotopic (exact) mass is 405 g/mol. The summed E-state index contributed by atoms with van der Waals surface area (Å²) in [5, 5.41) is 18.3. The summed E-state index contributed by atoms with van der Waals surface area (Å²) in [7, 11) is 0. The highest BCUT2D eigenvalue weighted by atomic mass is 79.9. The van der Waals surface area contributed by atoms with Crippen molar-refractivity contribution in [3.05, 3.63) is 21.9 Å². The van der Waals surface area contributed by atoms with E-state index in [-0.39, 0.29) is 17.9 Å². The van der Waals surface area contributed by atoms with E-state index < -0.39 is 0 Å². The molecule has 134 valence electrons. The number of anilines is 1. The summed E-state index contributed by atoms with van der Waals surface area (Å²) in [5.41, 5.74) is 9.34. The van der Waals surface area contributed by atoms with Gasteiger partial charge in [0.2, 0.25) is 0 Å². The zero-order valence-electron chi connectivity index (χ0n) is 14.2. The van der Waals surface area contributed by atoms with Gasteiger partial charge in [-0.3, -0.25) is 0 Å². The molecule has 3 aliphatic carbocycles. The molecular formula is C18H24BrN5O. The van der Waals surface area contributed by atoms with Crippen molar-refractivity contribution in [2.45, 2.75) is 62.4 Å². The molecule has 2 heterocycles. The van der Waals surface area contributed by atoms with Gasteiger partial charge in [0.05, 0.1) is 16.4 Å². The van der Waals surface area contributed by atoms with Crippen LogP contribution in [0.1, 0.15) is 49.8 Å². The number of hydrogen-bond donors (Lipinski definition) is 3. The van der Waals surface area contributed by atoms with Crippen LogP contribution in [0.3, 0.4) is 0 Å². The summed E-state index contributed by atoms with van der Waals surface area (Å²) >= 11 is 3.60. The van der Waals surface area contributed by atoms with E-state index in [0.717, 1.165) is 48.0 Å². The molecule has 0 bridgehead atoms. The van der Waals surface area contributed by atoms with E-state index in [1.165, 1.54) is 24.1 Å². The second-order valence-electron chi connectivity index (χ2n) is 8.04. The zero-order valence-corrected chi connectivity index (χ0v) is 15.8. The quantitative estimate of drug-likeness (QED) is 0.729. The lowest BCUT2D eigenvalue weighted by Crippen LogP contribution is -2.45. The fraction of sp³-hybridized carbons (Fsp3) is 0.667. The summed E-state index contributed by atoms with van der Waals surface area (Å²) in [6.07, 6.45) is 9.41. The van der Waals surface area contributed by atoms with Crippen LogP contribution in [-0.4, -0.2) is 38.4 Å². The summed E-state index contributed by atoms with van der Waals surface area (Å²) in [5.74, 6) is 1.33. The van der Waals surface area contributed by atoms with Crippen molar-refractivity contribution >= 4 is 27.4 Å². The van der Waals surface area contributed by atoms with Gasteiger partial charge < -0.3 is 16.2 Å². The van der Waals surface area contributed by atoms with Crippen LogP contribution in [0.25, 0.3) is 5.65 Å². The van der Waals surface area contributed by atoms with Gasteiger partial charge in [0.25, 0.3) is 0 Å². The second kappa shape index (κ2) is 5.66. The molecule has 3 aliphatic rings. The van der Waals surface area contributed by atoms with Crippen LogP contribution in [0.4, 0.5) is 5.82 Å². The van der Waals surface area contributed by atoms with E-state index >= 15 is 0 Å². The Morgan fingerprint density at radius 1 is 1.36 bits per heavy atom. The summed E-state index contributed by atoms with van der Waals surface area (Å²) < 4.78 is 2.85. The topological polar surface area (TPSA) is 88.5 Å². The lowest BCUT2D eigenvalue weighted by atomic mass is 9.76. The number of rotatable bonds is 3. The Kier molecular flexibility index (Phi) is 3.63. The first kappa shape index (κ1) is 16.0. The van der Waals surface area contributed by atoms with Gasteiger partial charge in [-0.15, -0.1) is 0 Å². The fourth-order valence-electron chi connectivity index (χ4n) is 5.25. The molecule has 0 radical (unpaired) electrons. The molecule has 0 aromatic carbocycles. The summed E-state index contributed by atoms with van der Waals surface area (Å²) in [6, 6.07) is 0.707. The van der Waals surface area contributed by atoms with E-state index in [0.29, 0.717) is 12.1 Å². The van der Waals surface area contributed by atoms with Crippen molar-refractivity contribution in [2.24, 2.45) is 11.7 Å². The Hall–Kier alpha value is -1.18. The zero-order chi connectivity index (χ0) is 17.2. The molecule has 1 unspecified atom stereocenters. The predicted molar refractivity (Wildman–Crippen MR) is 99.7 cm³/mol. The van der Waals surface area contributed by atoms with Crippen molar-refractivity contribution in [3.8, 4) is 0 Å². The minimum absolute atomic E-state index is 0.0436. The smallest absolute Gasteiger partial charge is 0.171 e. The van der Waals surface area contributed by atoms with E-state index in [9.17, 15) is 5.11 Å². The number of nitrogens with two attached hydrogens (primary N) is 1. The van der Waals surface area contributed by atoms with E-state index in [1.807, 2.05) is 10.7 Å². The second-order valence-corrected chi connectivity index (χ2v) is 8.89. The highest BCUT2D eigenvalue weighted by Gasteiger charge is 2.51.